The molecule has 0 spiro atoms. The third-order valence-electron chi connectivity index (χ3n) is 4.28. The molecule has 1 unspecified atom stereocenters. The highest BCUT2D eigenvalue weighted by atomic mass is 35.5. The summed E-state index contributed by atoms with van der Waals surface area (Å²) >= 11 is 8.95. The van der Waals surface area contributed by atoms with E-state index < -0.39 is 0 Å². The van der Waals surface area contributed by atoms with Gasteiger partial charge in [-0.15, -0.1) is 11.3 Å². The van der Waals surface area contributed by atoms with Gasteiger partial charge in [0.1, 0.15) is 21.9 Å². The van der Waals surface area contributed by atoms with E-state index in [-0.39, 0.29) is 16.9 Å². The zero-order valence-electron chi connectivity index (χ0n) is 15.3. The predicted octanol–water partition coefficient (Wildman–Crippen LogP) is 5.84. The summed E-state index contributed by atoms with van der Waals surface area (Å²) in [4.78, 5) is 22.3. The normalized spacial score (nSPS) is 12.1. The molecule has 5 nitrogen and oxygen atoms in total. The van der Waals surface area contributed by atoms with Gasteiger partial charge in [-0.05, 0) is 48.9 Å². The molecule has 0 aliphatic rings. The first-order valence-corrected chi connectivity index (χ1v) is 10.9. The quantitative estimate of drug-likeness (QED) is 0.231. The molecule has 0 aliphatic carbocycles. The number of benzene rings is 2. The number of phenolic OH excluding ortho intramolecular Hbond substituents is 1. The molecule has 0 fully saturated rings. The molecule has 0 saturated carbocycles. The SMILES string of the molecule is CC(Sc1ncnc2scc(-c3ccc(Cl)cc3)c12)C(=O)Nc1ccc(O)cc1. The van der Waals surface area contributed by atoms with Gasteiger partial charge in [-0.3, -0.25) is 4.79 Å². The van der Waals surface area contributed by atoms with Crippen LogP contribution in [0.5, 0.6) is 5.75 Å². The van der Waals surface area contributed by atoms with E-state index in [0.29, 0.717) is 10.7 Å². The Morgan fingerprint density at radius 3 is 2.59 bits per heavy atom. The number of hydrogen-bond acceptors (Lipinski definition) is 6. The van der Waals surface area contributed by atoms with Crippen molar-refractivity contribution in [2.24, 2.45) is 0 Å². The molecule has 1 amide bonds. The van der Waals surface area contributed by atoms with Crippen LogP contribution in [0.2, 0.25) is 5.02 Å². The second kappa shape index (κ2) is 8.41. The first kappa shape index (κ1) is 19.7. The van der Waals surface area contributed by atoms with E-state index in [4.69, 9.17) is 11.6 Å². The summed E-state index contributed by atoms with van der Waals surface area (Å²) in [6.45, 7) is 1.84. The minimum atomic E-state index is -0.375. The van der Waals surface area contributed by atoms with Gasteiger partial charge in [0.25, 0.3) is 0 Å². The molecule has 2 N–H and O–H groups in total. The smallest absolute Gasteiger partial charge is 0.237 e. The number of fused-ring (bicyclic) bond motifs is 1. The molecule has 0 aliphatic heterocycles. The van der Waals surface area contributed by atoms with Crippen molar-refractivity contribution in [3.8, 4) is 16.9 Å². The van der Waals surface area contributed by atoms with E-state index in [0.717, 1.165) is 26.4 Å². The Morgan fingerprint density at radius 1 is 1.14 bits per heavy atom. The maximum absolute atomic E-state index is 12.6. The zero-order valence-corrected chi connectivity index (χ0v) is 17.7. The maximum Gasteiger partial charge on any atom is 0.237 e. The average molecular weight is 442 g/mol. The number of thioether (sulfide) groups is 1. The second-order valence-electron chi connectivity index (χ2n) is 6.31. The van der Waals surface area contributed by atoms with E-state index >= 15 is 0 Å². The first-order valence-electron chi connectivity index (χ1n) is 8.76. The predicted molar refractivity (Wildman–Crippen MR) is 120 cm³/mol. The monoisotopic (exact) mass is 441 g/mol. The third kappa shape index (κ3) is 4.37. The summed E-state index contributed by atoms with van der Waals surface area (Å²) < 4.78 is 0. The number of phenols is 1. The summed E-state index contributed by atoms with van der Waals surface area (Å²) in [6.07, 6.45) is 1.53. The van der Waals surface area contributed by atoms with Crippen LogP contribution in [-0.4, -0.2) is 26.2 Å². The lowest BCUT2D eigenvalue weighted by Crippen LogP contribution is -2.22. The number of aromatic nitrogens is 2. The molecule has 0 radical (unpaired) electrons. The maximum atomic E-state index is 12.6. The minimum absolute atomic E-state index is 0.143. The lowest BCUT2D eigenvalue weighted by atomic mass is 10.1. The van der Waals surface area contributed by atoms with Crippen LogP contribution in [0.3, 0.4) is 0 Å². The molecule has 4 aromatic rings. The fourth-order valence-electron chi connectivity index (χ4n) is 2.79. The molecule has 2 heterocycles. The number of amides is 1. The number of nitrogens with zero attached hydrogens (tertiary/aromatic N) is 2. The van der Waals surface area contributed by atoms with Gasteiger partial charge in [0.15, 0.2) is 0 Å². The summed E-state index contributed by atoms with van der Waals surface area (Å²) in [5, 5.41) is 16.3. The topological polar surface area (TPSA) is 75.1 Å². The van der Waals surface area contributed by atoms with Crippen molar-refractivity contribution in [3.63, 3.8) is 0 Å². The number of anilines is 1. The molecular formula is C21H16ClN3O2S2. The van der Waals surface area contributed by atoms with Crippen molar-refractivity contribution >= 4 is 56.5 Å². The first-order chi connectivity index (χ1) is 14.0. The summed E-state index contributed by atoms with van der Waals surface area (Å²) in [5.74, 6) is 0.0108. The van der Waals surface area contributed by atoms with Crippen molar-refractivity contribution < 1.29 is 9.90 Å². The third-order valence-corrected chi connectivity index (χ3v) is 6.52. The molecular weight excluding hydrogens is 426 g/mol. The van der Waals surface area contributed by atoms with Crippen molar-refractivity contribution in [3.05, 3.63) is 65.3 Å². The van der Waals surface area contributed by atoms with Crippen molar-refractivity contribution in [2.45, 2.75) is 17.2 Å². The summed E-state index contributed by atoms with van der Waals surface area (Å²) in [6, 6.07) is 14.0. The van der Waals surface area contributed by atoms with Gasteiger partial charge in [0.2, 0.25) is 5.91 Å². The van der Waals surface area contributed by atoms with E-state index in [1.807, 2.05) is 36.6 Å². The van der Waals surface area contributed by atoms with Crippen molar-refractivity contribution in [1.82, 2.24) is 9.97 Å². The number of hydrogen-bond donors (Lipinski definition) is 2. The summed E-state index contributed by atoms with van der Waals surface area (Å²) in [5.41, 5.74) is 2.68. The van der Waals surface area contributed by atoms with Crippen LogP contribution >= 0.6 is 34.7 Å². The highest BCUT2D eigenvalue weighted by Gasteiger charge is 2.20. The highest BCUT2D eigenvalue weighted by Crippen LogP contribution is 2.39. The van der Waals surface area contributed by atoms with Crippen LogP contribution in [-0.2, 0) is 4.79 Å². The van der Waals surface area contributed by atoms with Gasteiger partial charge in [0.05, 0.1) is 10.6 Å². The van der Waals surface area contributed by atoms with E-state index in [9.17, 15) is 9.90 Å². The van der Waals surface area contributed by atoms with Gasteiger partial charge in [0, 0.05) is 21.7 Å². The molecule has 29 heavy (non-hydrogen) atoms. The molecule has 2 aromatic heterocycles. The van der Waals surface area contributed by atoms with E-state index in [1.54, 1.807) is 23.5 Å². The number of halogens is 1. The molecule has 8 heteroatoms. The lowest BCUT2D eigenvalue weighted by Gasteiger charge is -2.12. The minimum Gasteiger partial charge on any atom is -0.508 e. The van der Waals surface area contributed by atoms with Gasteiger partial charge in [-0.2, -0.15) is 0 Å². The van der Waals surface area contributed by atoms with Crippen LogP contribution in [0.1, 0.15) is 6.92 Å². The lowest BCUT2D eigenvalue weighted by molar-refractivity contribution is -0.115. The van der Waals surface area contributed by atoms with Gasteiger partial charge < -0.3 is 10.4 Å². The van der Waals surface area contributed by atoms with E-state index in [2.05, 4.69) is 15.3 Å². The van der Waals surface area contributed by atoms with Crippen LogP contribution in [0, 0.1) is 0 Å². The Bertz CT molecular complexity index is 1160. The number of carbonyl (C=O) groups is 1. The number of carbonyl (C=O) groups excluding carboxylic acids is 1. The van der Waals surface area contributed by atoms with Crippen LogP contribution in [0.4, 0.5) is 5.69 Å². The number of thiophene rings is 1. The Labute approximate surface area is 180 Å². The van der Waals surface area contributed by atoms with Crippen molar-refractivity contribution in [2.75, 3.05) is 5.32 Å². The van der Waals surface area contributed by atoms with Gasteiger partial charge >= 0.3 is 0 Å². The van der Waals surface area contributed by atoms with Gasteiger partial charge in [-0.1, -0.05) is 35.5 Å². The van der Waals surface area contributed by atoms with Gasteiger partial charge in [-0.25, -0.2) is 9.97 Å². The molecule has 4 rings (SSSR count). The summed E-state index contributed by atoms with van der Waals surface area (Å²) in [7, 11) is 0. The Hall–Kier alpha value is -2.61. The Kier molecular flexibility index (Phi) is 5.71. The molecule has 2 aromatic carbocycles. The van der Waals surface area contributed by atoms with Crippen LogP contribution in [0.25, 0.3) is 21.3 Å². The average Bonchev–Trinajstić information content (AvgIpc) is 3.15. The number of rotatable bonds is 5. The fourth-order valence-corrected chi connectivity index (χ4v) is 4.83. The number of aromatic hydroxyl groups is 1. The molecule has 146 valence electrons. The molecule has 0 saturated heterocycles. The fraction of sp³-hybridized carbons (Fsp3) is 0.0952. The van der Waals surface area contributed by atoms with E-state index in [1.165, 1.54) is 30.2 Å². The highest BCUT2D eigenvalue weighted by molar-refractivity contribution is 8.00. The Balaban J connectivity index is 1.60. The largest absolute Gasteiger partial charge is 0.508 e. The van der Waals surface area contributed by atoms with Crippen molar-refractivity contribution in [1.29, 1.82) is 0 Å². The molecule has 0 bridgehead atoms. The second-order valence-corrected chi connectivity index (χ2v) is 8.94. The van der Waals surface area contributed by atoms with Crippen LogP contribution in [0.15, 0.2) is 65.3 Å². The molecule has 1 atom stereocenters. The Morgan fingerprint density at radius 2 is 1.86 bits per heavy atom. The van der Waals surface area contributed by atoms with Crippen LogP contribution < -0.4 is 5.32 Å². The standard InChI is InChI=1S/C21H16ClN3O2S2/c1-12(19(27)25-15-6-8-16(26)9-7-15)29-21-18-17(10-28-20(18)23-11-24-21)13-2-4-14(22)5-3-13/h2-12,26H,1H3,(H,25,27). The zero-order chi connectivity index (χ0) is 20.4. The number of nitrogens with one attached hydrogen (secondary N) is 1.